The molecule has 0 atom stereocenters. The van der Waals surface area contributed by atoms with Gasteiger partial charge in [0.2, 0.25) is 5.91 Å². The number of amides is 3. The van der Waals surface area contributed by atoms with Crippen molar-refractivity contribution in [1.29, 1.82) is 0 Å². The molecule has 0 fully saturated rings. The minimum atomic E-state index is -0.601. The minimum absolute atomic E-state index is 0.156. The number of benzene rings is 3. The van der Waals surface area contributed by atoms with Gasteiger partial charge in [0, 0.05) is 23.5 Å². The van der Waals surface area contributed by atoms with Crippen molar-refractivity contribution < 1.29 is 23.9 Å². The normalized spacial score (nSPS) is 10.8. The number of ether oxygens (including phenoxy) is 2. The summed E-state index contributed by atoms with van der Waals surface area (Å²) in [6, 6.07) is 23.5. The lowest BCUT2D eigenvalue weighted by Gasteiger charge is -2.19. The highest BCUT2D eigenvalue weighted by Gasteiger charge is 2.16. The Kier molecular flexibility index (Phi) is 9.05. The maximum absolute atomic E-state index is 12.4. The number of nitrogens with one attached hydrogen (secondary N) is 3. The summed E-state index contributed by atoms with van der Waals surface area (Å²) in [7, 11) is 0. The van der Waals surface area contributed by atoms with Gasteiger partial charge >= 0.3 is 12.2 Å². The summed E-state index contributed by atoms with van der Waals surface area (Å²) in [5.41, 5.74) is 2.96. The maximum atomic E-state index is 12.4. The van der Waals surface area contributed by atoms with Gasteiger partial charge in [-0.2, -0.15) is 0 Å². The van der Waals surface area contributed by atoms with Crippen LogP contribution in [0, 0.1) is 0 Å². The summed E-state index contributed by atoms with van der Waals surface area (Å²) < 4.78 is 10.5. The van der Waals surface area contributed by atoms with Gasteiger partial charge in [0.25, 0.3) is 0 Å². The summed E-state index contributed by atoms with van der Waals surface area (Å²) in [5, 5.41) is 8.18. The number of carbonyl (C=O) groups is 3. The van der Waals surface area contributed by atoms with E-state index in [1.165, 1.54) is 0 Å². The highest BCUT2D eigenvalue weighted by molar-refractivity contribution is 5.92. The number of hydrogen-bond donors (Lipinski definition) is 3. The standard InChI is InChI=1S/C28H31N3O5/c1-28(2,3)36-27(34)31-24-11-7-10-23(18-24)29-25(32)17-14-20-12-15-22(16-13-20)30-26(33)35-19-21-8-5-4-6-9-21/h4-13,15-16,18H,14,17,19H2,1-3H3,(H,29,32)(H,30,33)(H,31,34). The van der Waals surface area contributed by atoms with Crippen molar-refractivity contribution in [2.45, 2.75) is 45.8 Å². The first kappa shape index (κ1) is 26.3. The number of rotatable bonds is 8. The first-order valence-corrected chi connectivity index (χ1v) is 11.6. The van der Waals surface area contributed by atoms with Crippen molar-refractivity contribution in [3.63, 3.8) is 0 Å². The summed E-state index contributed by atoms with van der Waals surface area (Å²) in [6.07, 6.45) is -0.293. The Hall–Kier alpha value is -4.33. The van der Waals surface area contributed by atoms with E-state index < -0.39 is 17.8 Å². The molecule has 0 bridgehead atoms. The molecule has 0 aliphatic heterocycles. The van der Waals surface area contributed by atoms with Crippen LogP contribution >= 0.6 is 0 Å². The number of anilines is 3. The first-order chi connectivity index (χ1) is 17.2. The fourth-order valence-electron chi connectivity index (χ4n) is 3.21. The molecule has 8 heteroatoms. The average molecular weight is 490 g/mol. The zero-order valence-corrected chi connectivity index (χ0v) is 20.7. The van der Waals surface area contributed by atoms with Crippen LogP contribution in [0.15, 0.2) is 78.9 Å². The maximum Gasteiger partial charge on any atom is 0.412 e. The van der Waals surface area contributed by atoms with Gasteiger partial charge in [-0.25, -0.2) is 9.59 Å². The van der Waals surface area contributed by atoms with Crippen molar-refractivity contribution in [2.75, 3.05) is 16.0 Å². The van der Waals surface area contributed by atoms with Gasteiger partial charge in [-0.05, 0) is 68.7 Å². The van der Waals surface area contributed by atoms with Crippen molar-refractivity contribution in [2.24, 2.45) is 0 Å². The molecule has 3 N–H and O–H groups in total. The molecule has 0 radical (unpaired) electrons. The molecule has 0 heterocycles. The molecular weight excluding hydrogens is 458 g/mol. The van der Waals surface area contributed by atoms with E-state index in [-0.39, 0.29) is 18.9 Å². The van der Waals surface area contributed by atoms with Gasteiger partial charge in [-0.15, -0.1) is 0 Å². The van der Waals surface area contributed by atoms with Gasteiger partial charge < -0.3 is 14.8 Å². The Morgan fingerprint density at radius 2 is 1.33 bits per heavy atom. The highest BCUT2D eigenvalue weighted by atomic mass is 16.6. The van der Waals surface area contributed by atoms with Crippen molar-refractivity contribution in [1.82, 2.24) is 0 Å². The minimum Gasteiger partial charge on any atom is -0.444 e. The zero-order chi connectivity index (χ0) is 26.0. The van der Waals surface area contributed by atoms with E-state index in [9.17, 15) is 14.4 Å². The largest absolute Gasteiger partial charge is 0.444 e. The van der Waals surface area contributed by atoms with Gasteiger partial charge in [-0.1, -0.05) is 48.5 Å². The van der Waals surface area contributed by atoms with Crippen molar-refractivity contribution >= 4 is 35.2 Å². The number of carbonyl (C=O) groups excluding carboxylic acids is 3. The van der Waals surface area contributed by atoms with Crippen LogP contribution in [-0.4, -0.2) is 23.7 Å². The molecule has 0 aliphatic rings. The zero-order valence-electron chi connectivity index (χ0n) is 20.7. The molecule has 3 aromatic rings. The predicted octanol–water partition coefficient (Wildman–Crippen LogP) is 6.35. The SMILES string of the molecule is CC(C)(C)OC(=O)Nc1cccc(NC(=O)CCc2ccc(NC(=O)OCc3ccccc3)cc2)c1. The van der Waals surface area contributed by atoms with Crippen LogP contribution in [0.25, 0.3) is 0 Å². The van der Waals surface area contributed by atoms with Gasteiger partial charge in [0.1, 0.15) is 12.2 Å². The second-order valence-electron chi connectivity index (χ2n) is 9.14. The first-order valence-electron chi connectivity index (χ1n) is 11.6. The molecule has 188 valence electrons. The Labute approximate surface area is 211 Å². The summed E-state index contributed by atoms with van der Waals surface area (Å²) in [5.74, 6) is -0.156. The molecule has 0 aliphatic carbocycles. The van der Waals surface area contributed by atoms with E-state index in [0.717, 1.165) is 11.1 Å². The number of aryl methyl sites for hydroxylation is 1. The highest BCUT2D eigenvalue weighted by Crippen LogP contribution is 2.18. The second kappa shape index (κ2) is 12.4. The van der Waals surface area contributed by atoms with Crippen LogP contribution in [0.2, 0.25) is 0 Å². The van der Waals surface area contributed by atoms with Crippen LogP contribution in [0.3, 0.4) is 0 Å². The Bertz CT molecular complexity index is 1170. The summed E-state index contributed by atoms with van der Waals surface area (Å²) >= 11 is 0. The molecule has 8 nitrogen and oxygen atoms in total. The second-order valence-corrected chi connectivity index (χ2v) is 9.14. The molecule has 0 saturated carbocycles. The lowest BCUT2D eigenvalue weighted by Crippen LogP contribution is -2.27. The van der Waals surface area contributed by atoms with E-state index in [2.05, 4.69) is 16.0 Å². The molecule has 3 aromatic carbocycles. The van der Waals surface area contributed by atoms with Gasteiger partial charge in [-0.3, -0.25) is 15.4 Å². The van der Waals surface area contributed by atoms with Crippen LogP contribution < -0.4 is 16.0 Å². The fourth-order valence-corrected chi connectivity index (χ4v) is 3.21. The molecule has 0 saturated heterocycles. The lowest BCUT2D eigenvalue weighted by atomic mass is 10.1. The van der Waals surface area contributed by atoms with E-state index in [4.69, 9.17) is 9.47 Å². The fraction of sp³-hybridized carbons (Fsp3) is 0.250. The molecule has 3 rings (SSSR count). The van der Waals surface area contributed by atoms with Crippen LogP contribution in [0.4, 0.5) is 26.7 Å². The average Bonchev–Trinajstić information content (AvgIpc) is 2.82. The molecular formula is C28H31N3O5. The van der Waals surface area contributed by atoms with Crippen LogP contribution in [0.5, 0.6) is 0 Å². The molecule has 3 amide bonds. The quantitative estimate of drug-likeness (QED) is 0.342. The Balaban J connectivity index is 1.42. The monoisotopic (exact) mass is 489 g/mol. The van der Waals surface area contributed by atoms with Crippen LogP contribution in [0.1, 0.15) is 38.3 Å². The van der Waals surface area contributed by atoms with E-state index in [0.29, 0.717) is 23.5 Å². The van der Waals surface area contributed by atoms with E-state index in [1.807, 2.05) is 42.5 Å². The third-order valence-corrected chi connectivity index (χ3v) is 4.85. The van der Waals surface area contributed by atoms with E-state index >= 15 is 0 Å². The molecule has 0 aromatic heterocycles. The topological polar surface area (TPSA) is 106 Å². The Morgan fingerprint density at radius 1 is 0.694 bits per heavy atom. The van der Waals surface area contributed by atoms with Crippen LogP contribution in [-0.2, 0) is 27.3 Å². The van der Waals surface area contributed by atoms with Crippen molar-refractivity contribution in [3.8, 4) is 0 Å². The summed E-state index contributed by atoms with van der Waals surface area (Å²) in [6.45, 7) is 5.55. The molecule has 36 heavy (non-hydrogen) atoms. The Morgan fingerprint density at radius 3 is 2.00 bits per heavy atom. The predicted molar refractivity (Wildman–Crippen MR) is 140 cm³/mol. The third kappa shape index (κ3) is 9.50. The van der Waals surface area contributed by atoms with Gasteiger partial charge in [0.05, 0.1) is 0 Å². The van der Waals surface area contributed by atoms with Crippen molar-refractivity contribution in [3.05, 3.63) is 90.0 Å². The smallest absolute Gasteiger partial charge is 0.412 e. The molecule has 0 unspecified atom stereocenters. The van der Waals surface area contributed by atoms with Gasteiger partial charge in [0.15, 0.2) is 0 Å². The summed E-state index contributed by atoms with van der Waals surface area (Å²) in [4.78, 5) is 36.3. The third-order valence-electron chi connectivity index (χ3n) is 4.85. The lowest BCUT2D eigenvalue weighted by molar-refractivity contribution is -0.116. The van der Waals surface area contributed by atoms with E-state index in [1.54, 1.807) is 57.2 Å². The number of hydrogen-bond acceptors (Lipinski definition) is 5. The molecule has 0 spiro atoms.